The van der Waals surface area contributed by atoms with Crippen LogP contribution in [0.3, 0.4) is 0 Å². The van der Waals surface area contributed by atoms with Crippen LogP contribution in [0.1, 0.15) is 60.3 Å². The van der Waals surface area contributed by atoms with Gasteiger partial charge in [0.15, 0.2) is 0 Å². The van der Waals surface area contributed by atoms with Crippen LogP contribution in [0.15, 0.2) is 0 Å². The van der Waals surface area contributed by atoms with Crippen molar-refractivity contribution in [2.75, 3.05) is 32.7 Å². The van der Waals surface area contributed by atoms with Crippen LogP contribution in [0.2, 0.25) is 0 Å². The summed E-state index contributed by atoms with van der Waals surface area (Å²) in [5.74, 6) is 0.925. The number of nitrogens with zero attached hydrogens (tertiary/aromatic N) is 2. The lowest BCUT2D eigenvalue weighted by molar-refractivity contribution is -0.138. The maximum atomic E-state index is 12.5. The van der Waals surface area contributed by atoms with E-state index in [4.69, 9.17) is 0 Å². The third kappa shape index (κ3) is 7.47. The molecule has 4 heteroatoms. The quantitative estimate of drug-likeness (QED) is 0.483. The molecule has 23 heavy (non-hydrogen) atoms. The van der Waals surface area contributed by atoms with E-state index in [0.29, 0.717) is 6.42 Å². The molecule has 1 amide bonds. The summed E-state index contributed by atoms with van der Waals surface area (Å²) in [5, 5.41) is 0. The highest BCUT2D eigenvalue weighted by molar-refractivity contribution is 5.79. The molecule has 1 aliphatic heterocycles. The first-order valence-electron chi connectivity index (χ1n) is 9.22. The maximum Gasteiger partial charge on any atom is 0.225 e. The molecule has 1 rings (SSSR count). The number of carbonyl (C=O) groups excluding carboxylic acids is 2. The average molecular weight is 325 g/mol. The minimum Gasteiger partial charge on any atom is -0.340 e. The Bertz CT molecular complexity index is 372. The predicted molar refractivity (Wildman–Crippen MR) is 95.3 cm³/mol. The molecule has 0 aromatic heterocycles. The monoisotopic (exact) mass is 324 g/mol. The van der Waals surface area contributed by atoms with Crippen LogP contribution in [0.5, 0.6) is 0 Å². The molecular formula is C19H36N2O2. The smallest absolute Gasteiger partial charge is 0.225 e. The largest absolute Gasteiger partial charge is 0.340 e. The molecule has 0 spiro atoms. The van der Waals surface area contributed by atoms with Crippen LogP contribution >= 0.6 is 0 Å². The molecule has 0 aromatic rings. The molecule has 4 nitrogen and oxygen atoms in total. The summed E-state index contributed by atoms with van der Waals surface area (Å²) in [6, 6.07) is 0. The predicted octanol–water partition coefficient (Wildman–Crippen LogP) is 3.21. The van der Waals surface area contributed by atoms with Gasteiger partial charge >= 0.3 is 0 Å². The highest BCUT2D eigenvalue weighted by atomic mass is 16.2. The van der Waals surface area contributed by atoms with Crippen molar-refractivity contribution in [1.29, 1.82) is 0 Å². The number of piperazine rings is 1. The Balaban J connectivity index is 2.29. The molecule has 0 N–H and O–H groups in total. The van der Waals surface area contributed by atoms with E-state index < -0.39 is 5.41 Å². The van der Waals surface area contributed by atoms with E-state index in [-0.39, 0.29) is 11.8 Å². The molecule has 1 aliphatic rings. The third-order valence-corrected chi connectivity index (χ3v) is 4.76. The van der Waals surface area contributed by atoms with Gasteiger partial charge in [0, 0.05) is 37.5 Å². The first-order chi connectivity index (χ1) is 10.7. The third-order valence-electron chi connectivity index (χ3n) is 4.76. The van der Waals surface area contributed by atoms with Crippen molar-refractivity contribution in [2.45, 2.75) is 60.3 Å². The van der Waals surface area contributed by atoms with Gasteiger partial charge < -0.3 is 9.69 Å². The second-order valence-corrected chi connectivity index (χ2v) is 8.27. The molecule has 0 aliphatic carbocycles. The van der Waals surface area contributed by atoms with Crippen molar-refractivity contribution in [3.05, 3.63) is 0 Å². The number of hydrogen-bond acceptors (Lipinski definition) is 3. The lowest BCUT2D eigenvalue weighted by atomic mass is 9.84. The van der Waals surface area contributed by atoms with E-state index in [1.54, 1.807) is 0 Å². The fraction of sp³-hybridized carbons (Fsp3) is 0.895. The molecular weight excluding hydrogens is 288 g/mol. The van der Waals surface area contributed by atoms with Gasteiger partial charge in [0.25, 0.3) is 0 Å². The lowest BCUT2D eigenvalue weighted by Gasteiger charge is -2.36. The molecule has 0 bridgehead atoms. The minimum atomic E-state index is -0.409. The van der Waals surface area contributed by atoms with Crippen molar-refractivity contribution in [1.82, 2.24) is 9.80 Å². The van der Waals surface area contributed by atoms with Crippen molar-refractivity contribution >= 4 is 12.2 Å². The number of rotatable bonds is 9. The van der Waals surface area contributed by atoms with Crippen molar-refractivity contribution < 1.29 is 9.59 Å². The molecule has 134 valence electrons. The zero-order chi connectivity index (χ0) is 17.5. The van der Waals surface area contributed by atoms with Gasteiger partial charge in [0.2, 0.25) is 5.91 Å². The van der Waals surface area contributed by atoms with E-state index in [1.165, 1.54) is 19.3 Å². The van der Waals surface area contributed by atoms with Crippen molar-refractivity contribution in [2.24, 2.45) is 17.3 Å². The Morgan fingerprint density at radius 1 is 1.09 bits per heavy atom. The highest BCUT2D eigenvalue weighted by Gasteiger charge is 2.29. The average Bonchev–Trinajstić information content (AvgIpc) is 2.51. The van der Waals surface area contributed by atoms with E-state index in [9.17, 15) is 9.59 Å². The highest BCUT2D eigenvalue weighted by Crippen LogP contribution is 2.24. The van der Waals surface area contributed by atoms with E-state index in [2.05, 4.69) is 18.7 Å². The Morgan fingerprint density at radius 2 is 1.70 bits per heavy atom. The minimum absolute atomic E-state index is 0.0761. The van der Waals surface area contributed by atoms with Crippen LogP contribution in [0, 0.1) is 17.3 Å². The Hall–Kier alpha value is -0.900. The van der Waals surface area contributed by atoms with E-state index in [1.807, 2.05) is 25.7 Å². The Labute approximate surface area is 142 Å². The summed E-state index contributed by atoms with van der Waals surface area (Å²) in [6.07, 6.45) is 5.46. The summed E-state index contributed by atoms with van der Waals surface area (Å²) in [5.41, 5.74) is -0.409. The fourth-order valence-corrected chi connectivity index (χ4v) is 3.32. The maximum absolute atomic E-state index is 12.5. The van der Waals surface area contributed by atoms with Crippen LogP contribution in [0.25, 0.3) is 0 Å². The van der Waals surface area contributed by atoms with Crippen molar-refractivity contribution in [3.63, 3.8) is 0 Å². The van der Waals surface area contributed by atoms with Crippen LogP contribution in [-0.2, 0) is 9.59 Å². The zero-order valence-electron chi connectivity index (χ0n) is 15.8. The summed E-state index contributed by atoms with van der Waals surface area (Å²) in [4.78, 5) is 28.0. The fourth-order valence-electron chi connectivity index (χ4n) is 3.32. The molecule has 1 saturated heterocycles. The van der Waals surface area contributed by atoms with E-state index in [0.717, 1.165) is 44.9 Å². The molecule has 1 atom stereocenters. The number of aldehydes is 1. The molecule has 1 unspecified atom stereocenters. The number of amides is 1. The van der Waals surface area contributed by atoms with Gasteiger partial charge in [-0.1, -0.05) is 47.5 Å². The molecule has 0 saturated carbocycles. The first kappa shape index (κ1) is 20.1. The van der Waals surface area contributed by atoms with E-state index >= 15 is 0 Å². The van der Waals surface area contributed by atoms with Gasteiger partial charge in [0.1, 0.15) is 6.29 Å². The Morgan fingerprint density at radius 3 is 2.22 bits per heavy atom. The topological polar surface area (TPSA) is 40.6 Å². The summed E-state index contributed by atoms with van der Waals surface area (Å²) >= 11 is 0. The SMILES string of the molecule is CC(C)CCCCN1CCN(C(=O)C(C)CC(C)(C)C=O)CC1. The standard InChI is InChI=1S/C19H36N2O2/c1-16(2)8-6-7-9-20-10-12-21(13-11-20)18(23)17(3)14-19(4,5)15-22/h15-17H,6-14H2,1-5H3. The first-order valence-corrected chi connectivity index (χ1v) is 9.22. The van der Waals surface area contributed by atoms with Gasteiger partial charge in [-0.05, 0) is 25.3 Å². The van der Waals surface area contributed by atoms with Gasteiger partial charge in [0.05, 0.1) is 0 Å². The van der Waals surface area contributed by atoms with Gasteiger partial charge in [-0.25, -0.2) is 0 Å². The second-order valence-electron chi connectivity index (χ2n) is 8.27. The van der Waals surface area contributed by atoms with Gasteiger partial charge in [-0.3, -0.25) is 9.69 Å². The lowest BCUT2D eigenvalue weighted by Crippen LogP contribution is -2.50. The normalized spacial score (nSPS) is 18.3. The zero-order valence-corrected chi connectivity index (χ0v) is 15.8. The van der Waals surface area contributed by atoms with Gasteiger partial charge in [-0.2, -0.15) is 0 Å². The van der Waals surface area contributed by atoms with Crippen LogP contribution < -0.4 is 0 Å². The van der Waals surface area contributed by atoms with Crippen LogP contribution in [-0.4, -0.2) is 54.7 Å². The van der Waals surface area contributed by atoms with Gasteiger partial charge in [-0.15, -0.1) is 0 Å². The molecule has 0 aromatic carbocycles. The molecule has 1 fully saturated rings. The summed E-state index contributed by atoms with van der Waals surface area (Å²) in [7, 11) is 0. The number of carbonyl (C=O) groups is 2. The Kier molecular flexibility index (Phi) is 8.24. The number of unbranched alkanes of at least 4 members (excludes halogenated alkanes) is 1. The van der Waals surface area contributed by atoms with Crippen LogP contribution in [0.4, 0.5) is 0 Å². The number of hydrogen-bond donors (Lipinski definition) is 0. The summed E-state index contributed by atoms with van der Waals surface area (Å²) in [6.45, 7) is 15.1. The second kappa shape index (κ2) is 9.41. The van der Waals surface area contributed by atoms with Crippen molar-refractivity contribution in [3.8, 4) is 0 Å². The molecule has 1 heterocycles. The summed E-state index contributed by atoms with van der Waals surface area (Å²) < 4.78 is 0. The molecule has 0 radical (unpaired) electrons.